The van der Waals surface area contributed by atoms with Crippen molar-refractivity contribution in [3.05, 3.63) is 71.2 Å². The number of hydrogen-bond acceptors (Lipinski definition) is 5. The number of rotatable bonds is 13. The normalized spacial score (nSPS) is 13.4. The molecule has 0 atom stereocenters. The molecule has 0 spiro atoms. The molecule has 4 aromatic rings. The Kier molecular flexibility index (Phi) is 9.70. The number of anilines is 1. The lowest BCUT2D eigenvalue weighted by molar-refractivity contribution is -0.889. The molecule has 4 aromatic carbocycles. The van der Waals surface area contributed by atoms with Gasteiger partial charge in [-0.3, -0.25) is 4.90 Å². The van der Waals surface area contributed by atoms with Crippen LogP contribution in [-0.2, 0) is 0 Å². The largest absolute Gasteiger partial charge is 0.453 e. The first-order valence-electron chi connectivity index (χ1n) is 15.9. The molecule has 0 unspecified atom stereocenters. The zero-order chi connectivity index (χ0) is 30.6. The molecular weight excluding hydrogens is 530 g/mol. The summed E-state index contributed by atoms with van der Waals surface area (Å²) < 4.78 is 7.65. The fourth-order valence-electron chi connectivity index (χ4n) is 5.97. The van der Waals surface area contributed by atoms with E-state index in [0.29, 0.717) is 0 Å². The lowest BCUT2D eigenvalue weighted by Crippen LogP contribution is -2.46. The molecule has 0 fully saturated rings. The zero-order valence-electron chi connectivity index (χ0n) is 27.4. The zero-order valence-corrected chi connectivity index (χ0v) is 27.4. The average molecular weight is 581 g/mol. The van der Waals surface area contributed by atoms with Gasteiger partial charge < -0.3 is 19.0 Å². The highest BCUT2D eigenvalue weighted by molar-refractivity contribution is 5.99. The Morgan fingerprint density at radius 2 is 1.51 bits per heavy atom. The van der Waals surface area contributed by atoms with Gasteiger partial charge in [0.05, 0.1) is 27.2 Å². The van der Waals surface area contributed by atoms with E-state index < -0.39 is 0 Å². The maximum atomic E-state index is 6.62. The summed E-state index contributed by atoms with van der Waals surface area (Å²) in [5.74, 6) is 1.67. The number of unbranched alkanes of at least 4 members (excludes halogenated alkanes) is 1. The Morgan fingerprint density at radius 1 is 0.791 bits per heavy atom. The minimum Gasteiger partial charge on any atom is -0.453 e. The second kappa shape index (κ2) is 13.5. The van der Waals surface area contributed by atoms with Gasteiger partial charge in [-0.25, -0.2) is 4.99 Å². The number of ether oxygens (including phenoxy) is 1. The third kappa shape index (κ3) is 7.38. The van der Waals surface area contributed by atoms with Crippen LogP contribution in [0.1, 0.15) is 26.7 Å². The number of likely N-dealkylation sites (N-methyl/N-ethyl adjacent to an activating group) is 3. The molecule has 0 amide bonds. The average Bonchev–Trinajstić information content (AvgIpc) is 3.00. The second-order valence-electron chi connectivity index (χ2n) is 12.9. The van der Waals surface area contributed by atoms with E-state index in [0.717, 1.165) is 91.1 Å². The standard InChI is InChI=1S/C37H50N5O/c1-8-41(9-2)31-17-18-34-35(27-31)43-36-26-30(16-12-13-22-42(6,7)23-21-40(5)20-19-39(3)4)32-24-28-14-10-11-15-29(28)25-33(32)37(36)38-34/h10-11,14-18,24-27H,8-9,12-13,19-23H2,1-7H3/q+1/b30-16-. The van der Waals surface area contributed by atoms with Crippen molar-refractivity contribution in [2.45, 2.75) is 26.7 Å². The molecule has 1 heterocycles. The maximum Gasteiger partial charge on any atom is 0.155 e. The molecule has 0 radical (unpaired) electrons. The van der Waals surface area contributed by atoms with Gasteiger partial charge in [0, 0.05) is 56.3 Å². The van der Waals surface area contributed by atoms with E-state index in [1.165, 1.54) is 27.1 Å². The fourth-order valence-corrected chi connectivity index (χ4v) is 5.97. The van der Waals surface area contributed by atoms with Gasteiger partial charge in [0.15, 0.2) is 11.5 Å². The van der Waals surface area contributed by atoms with Crippen molar-refractivity contribution >= 4 is 39.0 Å². The molecule has 6 nitrogen and oxygen atoms in total. The van der Waals surface area contributed by atoms with E-state index in [4.69, 9.17) is 9.73 Å². The number of nitrogens with zero attached hydrogens (tertiary/aromatic N) is 5. The van der Waals surface area contributed by atoms with Crippen molar-refractivity contribution in [1.29, 1.82) is 0 Å². The van der Waals surface area contributed by atoms with Gasteiger partial charge in [-0.2, -0.15) is 0 Å². The van der Waals surface area contributed by atoms with Crippen molar-refractivity contribution in [3.63, 3.8) is 0 Å². The summed E-state index contributed by atoms with van der Waals surface area (Å²) in [6, 6.07) is 21.8. The summed E-state index contributed by atoms with van der Waals surface area (Å²) in [7, 11) is 11.2. The van der Waals surface area contributed by atoms with E-state index in [2.05, 4.69) is 131 Å². The first-order chi connectivity index (χ1) is 20.7. The van der Waals surface area contributed by atoms with Crippen LogP contribution in [0.4, 0.5) is 11.4 Å². The summed E-state index contributed by atoms with van der Waals surface area (Å²) in [6.07, 6.45) is 4.58. The quantitative estimate of drug-likeness (QED) is 0.0968. The van der Waals surface area contributed by atoms with E-state index in [1.54, 1.807) is 0 Å². The predicted molar refractivity (Wildman–Crippen MR) is 184 cm³/mol. The topological polar surface area (TPSA) is 31.3 Å². The smallest absolute Gasteiger partial charge is 0.155 e. The molecule has 43 heavy (non-hydrogen) atoms. The summed E-state index contributed by atoms with van der Waals surface area (Å²) in [6.45, 7) is 11.9. The second-order valence-corrected chi connectivity index (χ2v) is 12.9. The molecule has 228 valence electrons. The van der Waals surface area contributed by atoms with Crippen molar-refractivity contribution in [1.82, 2.24) is 9.80 Å². The van der Waals surface area contributed by atoms with Crippen LogP contribution in [0, 0.1) is 0 Å². The maximum absolute atomic E-state index is 6.62. The molecule has 0 bridgehead atoms. The van der Waals surface area contributed by atoms with Crippen LogP contribution >= 0.6 is 0 Å². The fraction of sp³-hybridized carbons (Fsp3) is 0.432. The summed E-state index contributed by atoms with van der Waals surface area (Å²) in [5.41, 5.74) is 2.06. The monoisotopic (exact) mass is 580 g/mol. The van der Waals surface area contributed by atoms with Crippen molar-refractivity contribution < 1.29 is 9.22 Å². The first-order valence-corrected chi connectivity index (χ1v) is 15.9. The highest BCUT2D eigenvalue weighted by atomic mass is 16.5. The van der Waals surface area contributed by atoms with Crippen LogP contribution in [-0.4, -0.2) is 95.3 Å². The Bertz CT molecular complexity index is 1690. The van der Waals surface area contributed by atoms with Gasteiger partial charge in [0.1, 0.15) is 11.0 Å². The summed E-state index contributed by atoms with van der Waals surface area (Å²) in [4.78, 5) is 12.2. The third-order valence-electron chi connectivity index (χ3n) is 8.84. The molecule has 0 saturated carbocycles. The van der Waals surface area contributed by atoms with Crippen LogP contribution in [0.3, 0.4) is 0 Å². The lowest BCUT2D eigenvalue weighted by Gasteiger charge is -2.32. The number of hydrogen-bond donors (Lipinski definition) is 0. The van der Waals surface area contributed by atoms with Gasteiger partial charge in [-0.15, -0.1) is 0 Å². The van der Waals surface area contributed by atoms with Gasteiger partial charge in [0.2, 0.25) is 0 Å². The molecular formula is C37H50N5O+. The minimum atomic E-state index is 0.831. The number of benzene rings is 4. The minimum absolute atomic E-state index is 0.831. The molecule has 1 aliphatic rings. The first kappa shape index (κ1) is 31.0. The van der Waals surface area contributed by atoms with Crippen molar-refractivity contribution in [2.75, 3.05) is 86.0 Å². The molecule has 0 saturated heterocycles. The van der Waals surface area contributed by atoms with Crippen LogP contribution in [0.2, 0.25) is 0 Å². The van der Waals surface area contributed by atoms with E-state index in [1.807, 2.05) is 0 Å². The highest BCUT2D eigenvalue weighted by Crippen LogP contribution is 2.37. The number of fused-ring (bicyclic) bond motifs is 5. The number of quaternary nitrogens is 1. The van der Waals surface area contributed by atoms with E-state index in [9.17, 15) is 0 Å². The Labute approximate surface area is 258 Å². The molecule has 0 aromatic heterocycles. The van der Waals surface area contributed by atoms with Crippen LogP contribution in [0.15, 0.2) is 65.7 Å². The van der Waals surface area contributed by atoms with Gasteiger partial charge in [0.25, 0.3) is 0 Å². The van der Waals surface area contributed by atoms with Crippen molar-refractivity contribution in [3.8, 4) is 11.5 Å². The van der Waals surface area contributed by atoms with Crippen LogP contribution in [0.25, 0.3) is 27.6 Å². The van der Waals surface area contributed by atoms with Gasteiger partial charge in [-0.05, 0) is 93.1 Å². The van der Waals surface area contributed by atoms with E-state index >= 15 is 0 Å². The summed E-state index contributed by atoms with van der Waals surface area (Å²) >= 11 is 0. The summed E-state index contributed by atoms with van der Waals surface area (Å²) in [5, 5.41) is 7.02. The van der Waals surface area contributed by atoms with Crippen molar-refractivity contribution in [2.24, 2.45) is 4.99 Å². The van der Waals surface area contributed by atoms with Gasteiger partial charge >= 0.3 is 0 Å². The highest BCUT2D eigenvalue weighted by Gasteiger charge is 2.18. The van der Waals surface area contributed by atoms with Gasteiger partial charge in [-0.1, -0.05) is 30.3 Å². The molecule has 0 N–H and O–H groups in total. The predicted octanol–water partition coefficient (Wildman–Crippen LogP) is 6.03. The van der Waals surface area contributed by atoms with Crippen LogP contribution < -0.4 is 20.2 Å². The molecule has 6 heteroatoms. The SMILES string of the molecule is CCN(CC)c1ccc2c(c1)Oc1c/c(=C/CCC[N+](C)(C)CCN(C)CCN(C)C)c3cc4ccccc4cc3c1=N2. The molecule has 0 aliphatic carbocycles. The molecule has 1 aliphatic heterocycles. The van der Waals surface area contributed by atoms with E-state index in [-0.39, 0.29) is 0 Å². The third-order valence-corrected chi connectivity index (χ3v) is 8.84. The Balaban J connectivity index is 1.43. The van der Waals surface area contributed by atoms with Crippen LogP contribution in [0.5, 0.6) is 11.5 Å². The Morgan fingerprint density at radius 3 is 2.21 bits per heavy atom. The lowest BCUT2D eigenvalue weighted by atomic mass is 10.00. The molecule has 5 rings (SSSR count). The Hall–Kier alpha value is -3.45.